The molecule has 0 N–H and O–H groups in total. The second kappa shape index (κ2) is 13.7. The van der Waals surface area contributed by atoms with E-state index in [1.54, 1.807) is 0 Å². The first-order chi connectivity index (χ1) is 23.4. The van der Waals surface area contributed by atoms with Crippen LogP contribution in [0, 0.1) is 12.1 Å². The quantitative estimate of drug-likeness (QED) is 0.167. The molecule has 0 aliphatic heterocycles. The average Bonchev–Trinajstić information content (AvgIpc) is 3.50. The molecule has 7 aromatic rings. The summed E-state index contributed by atoms with van der Waals surface area (Å²) < 4.78 is 6.59. The molecule has 3 aromatic heterocycles. The number of furan rings is 1. The summed E-state index contributed by atoms with van der Waals surface area (Å²) in [5.41, 5.74) is 12.7. The third-order valence-corrected chi connectivity index (χ3v) is 10.2. The van der Waals surface area contributed by atoms with Gasteiger partial charge in [0, 0.05) is 43.4 Å². The molecular formula is C46H44IrN2O-2. The van der Waals surface area contributed by atoms with Crippen LogP contribution in [0.5, 0.6) is 0 Å². The van der Waals surface area contributed by atoms with Crippen molar-refractivity contribution in [3.63, 3.8) is 0 Å². The second-order valence-corrected chi connectivity index (χ2v) is 15.6. The van der Waals surface area contributed by atoms with E-state index in [9.17, 15) is 0 Å². The minimum absolute atomic E-state index is 0. The first-order valence-corrected chi connectivity index (χ1v) is 17.3. The van der Waals surface area contributed by atoms with E-state index in [1.807, 2.05) is 60.9 Å². The molecule has 8 rings (SSSR count). The van der Waals surface area contributed by atoms with Gasteiger partial charge in [0.1, 0.15) is 5.58 Å². The summed E-state index contributed by atoms with van der Waals surface area (Å²) in [5, 5.41) is 2.23. The molecular weight excluding hydrogens is 789 g/mol. The average molecular weight is 833 g/mol. The number of aromatic nitrogens is 2. The molecule has 4 heteroatoms. The van der Waals surface area contributed by atoms with Crippen molar-refractivity contribution in [1.29, 1.82) is 0 Å². The SMILES string of the molecule is CC(C)(C)c1ccc(-c2[c-]cccc2)nc1.CC1(C)CCC(C)(C)c2cc(-c3cccc4c3oc3c(-c5ccccn5)[c-]ccc34)ccc21.[Ir]. The predicted molar refractivity (Wildman–Crippen MR) is 204 cm³/mol. The van der Waals surface area contributed by atoms with E-state index in [2.05, 4.69) is 125 Å². The normalized spacial score (nSPS) is 14.7. The van der Waals surface area contributed by atoms with Crippen molar-refractivity contribution >= 4 is 21.9 Å². The van der Waals surface area contributed by atoms with Crippen LogP contribution in [0.4, 0.5) is 0 Å². The predicted octanol–water partition coefficient (Wildman–Crippen LogP) is 12.3. The molecule has 1 aliphatic rings. The molecule has 0 unspecified atom stereocenters. The summed E-state index contributed by atoms with van der Waals surface area (Å²) in [6, 6.07) is 42.1. The van der Waals surface area contributed by atoms with Crippen LogP contribution in [-0.2, 0) is 36.4 Å². The van der Waals surface area contributed by atoms with Crippen LogP contribution in [0.2, 0.25) is 0 Å². The molecule has 4 aromatic carbocycles. The molecule has 0 amide bonds. The van der Waals surface area contributed by atoms with Gasteiger partial charge in [-0.3, -0.25) is 0 Å². The molecule has 255 valence electrons. The molecule has 0 atom stereocenters. The Morgan fingerprint density at radius 1 is 0.660 bits per heavy atom. The van der Waals surface area contributed by atoms with Gasteiger partial charge in [-0.05, 0) is 68.8 Å². The fraction of sp³-hybridized carbons (Fsp3) is 0.261. The molecule has 0 spiro atoms. The van der Waals surface area contributed by atoms with Gasteiger partial charge in [0.05, 0.1) is 5.58 Å². The Morgan fingerprint density at radius 3 is 2.10 bits per heavy atom. The maximum absolute atomic E-state index is 6.59. The smallest absolute Gasteiger partial charge is 0.128 e. The Labute approximate surface area is 310 Å². The van der Waals surface area contributed by atoms with E-state index in [1.165, 1.54) is 35.1 Å². The van der Waals surface area contributed by atoms with Crippen molar-refractivity contribution < 1.29 is 24.5 Å². The Kier molecular flexibility index (Phi) is 9.74. The minimum Gasteiger partial charge on any atom is -0.500 e. The Morgan fingerprint density at radius 2 is 1.42 bits per heavy atom. The zero-order valence-electron chi connectivity index (χ0n) is 30.0. The van der Waals surface area contributed by atoms with Crippen molar-refractivity contribution in [3.05, 3.63) is 144 Å². The van der Waals surface area contributed by atoms with Crippen molar-refractivity contribution in [3.8, 4) is 33.6 Å². The van der Waals surface area contributed by atoms with E-state index >= 15 is 0 Å². The van der Waals surface area contributed by atoms with E-state index < -0.39 is 0 Å². The summed E-state index contributed by atoms with van der Waals surface area (Å²) in [7, 11) is 0. The molecule has 50 heavy (non-hydrogen) atoms. The summed E-state index contributed by atoms with van der Waals surface area (Å²) in [5.74, 6) is 0. The van der Waals surface area contributed by atoms with Gasteiger partial charge < -0.3 is 14.4 Å². The Balaban J connectivity index is 0.000000215. The van der Waals surface area contributed by atoms with E-state index in [0.29, 0.717) is 0 Å². The number of hydrogen-bond donors (Lipinski definition) is 0. The maximum Gasteiger partial charge on any atom is 0.128 e. The van der Waals surface area contributed by atoms with Crippen LogP contribution in [0.1, 0.15) is 78.0 Å². The van der Waals surface area contributed by atoms with E-state index in [0.717, 1.165) is 50.0 Å². The number of nitrogens with zero attached hydrogens (tertiary/aromatic N) is 2. The van der Waals surface area contributed by atoms with Crippen LogP contribution in [0.15, 0.2) is 120 Å². The largest absolute Gasteiger partial charge is 0.500 e. The summed E-state index contributed by atoms with van der Waals surface area (Å²) in [6.07, 6.45) is 6.19. The van der Waals surface area contributed by atoms with Crippen LogP contribution >= 0.6 is 0 Å². The molecule has 3 heterocycles. The number of hydrogen-bond acceptors (Lipinski definition) is 3. The Bertz CT molecular complexity index is 2240. The van der Waals surface area contributed by atoms with Crippen LogP contribution in [0.3, 0.4) is 0 Å². The first kappa shape index (κ1) is 35.5. The van der Waals surface area contributed by atoms with Gasteiger partial charge in [-0.15, -0.1) is 54.1 Å². The summed E-state index contributed by atoms with van der Waals surface area (Å²) >= 11 is 0. The van der Waals surface area contributed by atoms with E-state index in [4.69, 9.17) is 4.42 Å². The fourth-order valence-corrected chi connectivity index (χ4v) is 7.00. The summed E-state index contributed by atoms with van der Waals surface area (Å²) in [4.78, 5) is 9.02. The van der Waals surface area contributed by atoms with Crippen molar-refractivity contribution in [2.24, 2.45) is 0 Å². The number of benzene rings is 4. The zero-order chi connectivity index (χ0) is 34.4. The fourth-order valence-electron chi connectivity index (χ4n) is 7.00. The second-order valence-electron chi connectivity index (χ2n) is 15.6. The third kappa shape index (κ3) is 6.84. The topological polar surface area (TPSA) is 38.9 Å². The minimum atomic E-state index is 0. The number of rotatable bonds is 3. The van der Waals surface area contributed by atoms with Gasteiger partial charge >= 0.3 is 0 Å². The van der Waals surface area contributed by atoms with Crippen LogP contribution in [0.25, 0.3) is 55.6 Å². The Hall–Kier alpha value is -4.37. The molecule has 0 saturated carbocycles. The van der Waals surface area contributed by atoms with Crippen molar-refractivity contribution in [2.45, 2.75) is 77.6 Å². The van der Waals surface area contributed by atoms with Gasteiger partial charge in [-0.1, -0.05) is 120 Å². The molecule has 1 radical (unpaired) electrons. The van der Waals surface area contributed by atoms with Gasteiger partial charge in [0.25, 0.3) is 0 Å². The molecule has 0 bridgehead atoms. The van der Waals surface area contributed by atoms with Gasteiger partial charge in [0.2, 0.25) is 0 Å². The van der Waals surface area contributed by atoms with Gasteiger partial charge in [0.15, 0.2) is 0 Å². The third-order valence-electron chi connectivity index (χ3n) is 10.2. The first-order valence-electron chi connectivity index (χ1n) is 17.3. The van der Waals surface area contributed by atoms with Gasteiger partial charge in [-0.25, -0.2) is 0 Å². The molecule has 1 aliphatic carbocycles. The molecule has 0 saturated heterocycles. The van der Waals surface area contributed by atoms with Crippen molar-refractivity contribution in [2.75, 3.05) is 0 Å². The summed E-state index contributed by atoms with van der Waals surface area (Å²) in [6.45, 7) is 16.1. The number of fused-ring (bicyclic) bond motifs is 4. The standard InChI is InChI=1S/C31H28NO.C15H16N.Ir/c1-30(2)16-17-31(3,4)26-19-20(14-15-25(26)30)21-9-7-10-22-23-11-8-12-24(29(23)33-28(21)22)27-13-5-6-18-32-27;1-15(2,3)13-9-10-14(16-11-13)12-7-5-4-6-8-12;/h5-11,13-15,18-19H,16-17H2,1-4H3;4-7,9-11H,1-3H3;/q2*-1;. The number of pyridine rings is 2. The van der Waals surface area contributed by atoms with Gasteiger partial charge in [-0.2, -0.15) is 0 Å². The van der Waals surface area contributed by atoms with E-state index in [-0.39, 0.29) is 36.4 Å². The maximum atomic E-state index is 6.59. The number of para-hydroxylation sites is 1. The monoisotopic (exact) mass is 833 g/mol. The molecule has 3 nitrogen and oxygen atoms in total. The van der Waals surface area contributed by atoms with Crippen LogP contribution < -0.4 is 0 Å². The zero-order valence-corrected chi connectivity index (χ0v) is 32.4. The van der Waals surface area contributed by atoms with Crippen LogP contribution in [-0.4, -0.2) is 9.97 Å². The van der Waals surface area contributed by atoms with Crippen molar-refractivity contribution in [1.82, 2.24) is 9.97 Å². The molecule has 0 fully saturated rings.